The summed E-state index contributed by atoms with van der Waals surface area (Å²) in [5.41, 5.74) is 0. The van der Waals surface area contributed by atoms with Crippen LogP contribution in [0.15, 0.2) is 0 Å². The van der Waals surface area contributed by atoms with Crippen LogP contribution in [0.1, 0.15) is 6.42 Å². The second-order valence-electron chi connectivity index (χ2n) is 6.56. The Morgan fingerprint density at radius 3 is 2.14 bits per heavy atom. The van der Waals surface area contributed by atoms with Crippen LogP contribution in [0.2, 0.25) is 0 Å². The van der Waals surface area contributed by atoms with Crippen LogP contribution in [-0.4, -0.2) is 128 Å². The molecule has 0 radical (unpaired) electrons. The first kappa shape index (κ1) is 23.3. The van der Waals surface area contributed by atoms with Crippen LogP contribution in [-0.2, 0) is 23.7 Å². The molecule has 2 aliphatic rings. The van der Waals surface area contributed by atoms with E-state index in [1.165, 1.54) is 0 Å². The molecule has 0 amide bonds. The SMILES string of the molecule is O=C(O)CCOC[C@H]1O[C@@H](O[C@H]2[C@H](O)[C@@H](O)[C@@H](O)O[C@@H]2CO)[C@H](O)[C@@H](O)[C@H]1O. The molecule has 0 aromatic heterocycles. The predicted molar refractivity (Wildman–Crippen MR) is 84.6 cm³/mol. The molecular formula is C15H26O13. The molecule has 0 aromatic carbocycles. The summed E-state index contributed by atoms with van der Waals surface area (Å²) >= 11 is 0. The van der Waals surface area contributed by atoms with Gasteiger partial charge in [0.25, 0.3) is 0 Å². The zero-order chi connectivity index (χ0) is 21.0. The summed E-state index contributed by atoms with van der Waals surface area (Å²) in [4.78, 5) is 10.5. The normalized spacial score (nSPS) is 44.4. The maximum atomic E-state index is 10.5. The van der Waals surface area contributed by atoms with Crippen molar-refractivity contribution in [1.82, 2.24) is 0 Å². The van der Waals surface area contributed by atoms with Crippen molar-refractivity contribution >= 4 is 5.97 Å². The van der Waals surface area contributed by atoms with Crippen LogP contribution in [0.5, 0.6) is 0 Å². The number of carboxylic acid groups (broad SMARTS) is 1. The highest BCUT2D eigenvalue weighted by Gasteiger charge is 2.50. The van der Waals surface area contributed by atoms with Gasteiger partial charge in [-0.15, -0.1) is 0 Å². The van der Waals surface area contributed by atoms with Crippen LogP contribution in [0.3, 0.4) is 0 Å². The summed E-state index contributed by atoms with van der Waals surface area (Å²) in [7, 11) is 0. The first-order valence-corrected chi connectivity index (χ1v) is 8.62. The van der Waals surface area contributed by atoms with Crippen LogP contribution in [0, 0.1) is 0 Å². The van der Waals surface area contributed by atoms with E-state index in [0.717, 1.165) is 0 Å². The minimum Gasteiger partial charge on any atom is -0.481 e. The number of hydrogen-bond acceptors (Lipinski definition) is 12. The molecule has 0 spiro atoms. The van der Waals surface area contributed by atoms with Gasteiger partial charge in [0.15, 0.2) is 12.6 Å². The molecule has 13 heteroatoms. The Morgan fingerprint density at radius 2 is 1.54 bits per heavy atom. The molecule has 2 saturated heterocycles. The molecule has 0 aromatic rings. The zero-order valence-electron chi connectivity index (χ0n) is 14.7. The third-order valence-electron chi connectivity index (χ3n) is 4.54. The minimum atomic E-state index is -1.77. The van der Waals surface area contributed by atoms with Crippen molar-refractivity contribution in [3.63, 3.8) is 0 Å². The molecule has 2 rings (SSSR count). The first-order valence-electron chi connectivity index (χ1n) is 8.62. The van der Waals surface area contributed by atoms with Gasteiger partial charge in [-0.05, 0) is 0 Å². The Hall–Kier alpha value is -0.970. The van der Waals surface area contributed by atoms with E-state index < -0.39 is 74.0 Å². The average Bonchev–Trinajstić information content (AvgIpc) is 2.66. The molecule has 2 fully saturated rings. The van der Waals surface area contributed by atoms with Gasteiger partial charge in [0.2, 0.25) is 0 Å². The van der Waals surface area contributed by atoms with Crippen molar-refractivity contribution in [2.45, 2.75) is 67.8 Å². The quantitative estimate of drug-likeness (QED) is 0.175. The van der Waals surface area contributed by atoms with E-state index in [4.69, 9.17) is 24.1 Å². The van der Waals surface area contributed by atoms with Crippen LogP contribution < -0.4 is 0 Å². The largest absolute Gasteiger partial charge is 0.481 e. The van der Waals surface area contributed by atoms with Crippen LogP contribution in [0.4, 0.5) is 0 Å². The fourth-order valence-electron chi connectivity index (χ4n) is 2.92. The summed E-state index contributed by atoms with van der Waals surface area (Å²) in [5.74, 6) is -1.09. The van der Waals surface area contributed by atoms with E-state index >= 15 is 0 Å². The van der Waals surface area contributed by atoms with Crippen molar-refractivity contribution in [2.75, 3.05) is 19.8 Å². The number of carboxylic acids is 1. The molecule has 28 heavy (non-hydrogen) atoms. The summed E-state index contributed by atoms with van der Waals surface area (Å²) in [5, 5.41) is 77.3. The predicted octanol–water partition coefficient (Wildman–Crippen LogP) is -4.90. The van der Waals surface area contributed by atoms with Crippen LogP contribution >= 0.6 is 0 Å². The van der Waals surface area contributed by atoms with Gasteiger partial charge in [0.05, 0.1) is 26.2 Å². The van der Waals surface area contributed by atoms with Gasteiger partial charge in [-0.1, -0.05) is 0 Å². The lowest BCUT2D eigenvalue weighted by Gasteiger charge is -2.45. The summed E-state index contributed by atoms with van der Waals surface area (Å²) in [6.45, 7) is -1.22. The standard InChI is InChI=1S/C15H26O13/c16-3-5-13(10(21)11(22)14(24)26-5)28-15-12(23)9(20)8(19)6(27-15)4-25-2-1-7(17)18/h5-6,8-16,19-24H,1-4H2,(H,17,18)/t5-,6-,8+,9+,10-,11-,12-,13-,14+,15+/m1/s1. The monoisotopic (exact) mass is 414 g/mol. The van der Waals surface area contributed by atoms with Crippen molar-refractivity contribution in [2.24, 2.45) is 0 Å². The lowest BCUT2D eigenvalue weighted by atomic mass is 9.97. The summed E-state index contributed by atoms with van der Waals surface area (Å²) < 4.78 is 20.7. The topological polar surface area (TPSA) is 216 Å². The third-order valence-corrected chi connectivity index (χ3v) is 4.54. The molecule has 0 unspecified atom stereocenters. The summed E-state index contributed by atoms with van der Waals surface area (Å²) in [6.07, 6.45) is -16.2. The molecule has 8 N–H and O–H groups in total. The van der Waals surface area contributed by atoms with Gasteiger partial charge in [0, 0.05) is 0 Å². The highest BCUT2D eigenvalue weighted by atomic mass is 16.7. The highest BCUT2D eigenvalue weighted by Crippen LogP contribution is 2.28. The van der Waals surface area contributed by atoms with Crippen molar-refractivity contribution < 1.29 is 64.6 Å². The first-order chi connectivity index (χ1) is 13.2. The maximum absolute atomic E-state index is 10.5. The molecule has 164 valence electrons. The van der Waals surface area contributed by atoms with Gasteiger partial charge in [-0.3, -0.25) is 4.79 Å². The van der Waals surface area contributed by atoms with Crippen LogP contribution in [0.25, 0.3) is 0 Å². The Bertz CT molecular complexity index is 502. The fraction of sp³-hybridized carbons (Fsp3) is 0.933. The van der Waals surface area contributed by atoms with Gasteiger partial charge in [-0.25, -0.2) is 0 Å². The molecular weight excluding hydrogens is 388 g/mol. The second kappa shape index (κ2) is 10.2. The number of aliphatic hydroxyl groups is 7. The number of hydrogen-bond donors (Lipinski definition) is 8. The lowest BCUT2D eigenvalue weighted by Crippen LogP contribution is -2.64. The molecule has 0 aliphatic carbocycles. The van der Waals surface area contributed by atoms with E-state index in [9.17, 15) is 40.5 Å². The fourth-order valence-corrected chi connectivity index (χ4v) is 2.92. The number of rotatable bonds is 8. The molecule has 2 heterocycles. The van der Waals surface area contributed by atoms with E-state index in [0.29, 0.717) is 0 Å². The zero-order valence-corrected chi connectivity index (χ0v) is 14.7. The van der Waals surface area contributed by atoms with Crippen molar-refractivity contribution in [3.8, 4) is 0 Å². The Balaban J connectivity index is 2.02. The maximum Gasteiger partial charge on any atom is 0.305 e. The number of aliphatic hydroxyl groups excluding tert-OH is 7. The van der Waals surface area contributed by atoms with Crippen molar-refractivity contribution in [1.29, 1.82) is 0 Å². The molecule has 0 bridgehead atoms. The highest BCUT2D eigenvalue weighted by molar-refractivity contribution is 5.66. The second-order valence-corrected chi connectivity index (χ2v) is 6.56. The Kier molecular flexibility index (Phi) is 8.47. The van der Waals surface area contributed by atoms with Gasteiger partial charge >= 0.3 is 5.97 Å². The van der Waals surface area contributed by atoms with Crippen molar-refractivity contribution in [3.05, 3.63) is 0 Å². The van der Waals surface area contributed by atoms with E-state index in [-0.39, 0.29) is 19.6 Å². The lowest BCUT2D eigenvalue weighted by molar-refractivity contribution is -0.355. The number of aliphatic carboxylic acids is 1. The van der Waals surface area contributed by atoms with E-state index in [1.807, 2.05) is 0 Å². The number of ether oxygens (including phenoxy) is 4. The van der Waals surface area contributed by atoms with E-state index in [1.54, 1.807) is 0 Å². The Morgan fingerprint density at radius 1 is 0.857 bits per heavy atom. The van der Waals surface area contributed by atoms with Gasteiger partial charge < -0.3 is 59.8 Å². The van der Waals surface area contributed by atoms with Gasteiger partial charge in [0.1, 0.15) is 48.8 Å². The average molecular weight is 414 g/mol. The van der Waals surface area contributed by atoms with E-state index in [2.05, 4.69) is 0 Å². The molecule has 2 aliphatic heterocycles. The molecule has 0 saturated carbocycles. The minimum absolute atomic E-state index is 0.183. The Labute approximate surface area is 159 Å². The molecule has 10 atom stereocenters. The molecule has 13 nitrogen and oxygen atoms in total. The third kappa shape index (κ3) is 5.34. The van der Waals surface area contributed by atoms with Gasteiger partial charge in [-0.2, -0.15) is 0 Å². The number of carbonyl (C=O) groups is 1. The smallest absolute Gasteiger partial charge is 0.305 e. The summed E-state index contributed by atoms with van der Waals surface area (Å²) in [6, 6.07) is 0.